The number of rotatable bonds is 5. The van der Waals surface area contributed by atoms with Crippen molar-refractivity contribution < 1.29 is 14.0 Å². The summed E-state index contributed by atoms with van der Waals surface area (Å²) in [5.41, 5.74) is 2.81. The van der Waals surface area contributed by atoms with Crippen LogP contribution in [0, 0.1) is 0 Å². The minimum absolute atomic E-state index is 0.110. The quantitative estimate of drug-likeness (QED) is 0.255. The molecule has 0 saturated heterocycles. The first-order valence-corrected chi connectivity index (χ1v) is 9.89. The van der Waals surface area contributed by atoms with Gasteiger partial charge in [0, 0.05) is 5.75 Å². The second kappa shape index (κ2) is 7.88. The molecule has 0 unspecified atom stereocenters. The number of hydrogen-bond acceptors (Lipinski definition) is 6. The van der Waals surface area contributed by atoms with Gasteiger partial charge in [0.2, 0.25) is 5.43 Å². The van der Waals surface area contributed by atoms with E-state index in [1.807, 2.05) is 6.07 Å². The predicted octanol–water partition coefficient (Wildman–Crippen LogP) is 5.88. The molecule has 0 aliphatic heterocycles. The van der Waals surface area contributed by atoms with E-state index in [1.54, 1.807) is 18.2 Å². The molecule has 0 saturated carbocycles. The normalized spacial score (nSPS) is 11.8. The van der Waals surface area contributed by atoms with Crippen LogP contribution in [0.1, 0.15) is 31.9 Å². The topological polar surface area (TPSA) is 59.7 Å². The van der Waals surface area contributed by atoms with E-state index in [4.69, 9.17) is 9.67 Å². The van der Waals surface area contributed by atoms with Crippen LogP contribution in [0.5, 0.6) is 0 Å². The van der Waals surface area contributed by atoms with Crippen LogP contribution in [0.3, 0.4) is 0 Å². The second-order valence-corrected chi connectivity index (χ2v) is 8.61. The monoisotopic (exact) mass is 388 g/mol. The van der Waals surface area contributed by atoms with E-state index < -0.39 is 0 Å². The first-order valence-electron chi connectivity index (χ1n) is 8.16. The Bertz CT molecular complexity index is 956. The standard InChI is InChI=1S/C20H20O4S2/c1-20(2,3)14-10-8-13(9-11-14)12-25-19-18(26-24-22)17(21)15-6-4-5-7-16(15)23-19/h4-11,22H,12H2,1-3H3. The molecule has 0 aliphatic carbocycles. The van der Waals surface area contributed by atoms with Gasteiger partial charge in [0.25, 0.3) is 0 Å². The minimum Gasteiger partial charge on any atom is -0.448 e. The van der Waals surface area contributed by atoms with E-state index >= 15 is 0 Å². The Hall–Kier alpha value is -1.73. The molecule has 3 rings (SSSR count). The van der Waals surface area contributed by atoms with E-state index in [0.717, 1.165) is 5.56 Å². The zero-order valence-electron chi connectivity index (χ0n) is 14.8. The summed E-state index contributed by atoms with van der Waals surface area (Å²) in [5.74, 6) is 0.644. The van der Waals surface area contributed by atoms with Gasteiger partial charge in [0.05, 0.1) is 17.4 Å². The van der Waals surface area contributed by atoms with E-state index in [1.165, 1.54) is 17.3 Å². The van der Waals surface area contributed by atoms with Crippen molar-refractivity contribution in [1.29, 1.82) is 0 Å². The van der Waals surface area contributed by atoms with Gasteiger partial charge in [-0.3, -0.25) is 4.79 Å². The Morgan fingerprint density at radius 3 is 2.42 bits per heavy atom. The maximum Gasteiger partial charge on any atom is 0.209 e. The average molecular weight is 389 g/mol. The highest BCUT2D eigenvalue weighted by Crippen LogP contribution is 2.33. The van der Waals surface area contributed by atoms with Crippen LogP contribution in [0.15, 0.2) is 67.7 Å². The van der Waals surface area contributed by atoms with Gasteiger partial charge in [-0.15, -0.1) is 0 Å². The maximum absolute atomic E-state index is 12.6. The summed E-state index contributed by atoms with van der Waals surface area (Å²) in [6.07, 6.45) is 0. The summed E-state index contributed by atoms with van der Waals surface area (Å²) >= 11 is 2.02. The molecular weight excluding hydrogens is 368 g/mol. The number of fused-ring (bicyclic) bond motifs is 1. The van der Waals surface area contributed by atoms with Gasteiger partial charge in [0.15, 0.2) is 5.09 Å². The SMILES string of the molecule is CC(C)(C)c1ccc(CSc2oc3ccccc3c(=O)c2SOO)cc1. The van der Waals surface area contributed by atoms with E-state index in [-0.39, 0.29) is 15.7 Å². The molecular formula is C20H20O4S2. The first-order chi connectivity index (χ1) is 12.4. The van der Waals surface area contributed by atoms with Crippen molar-refractivity contribution in [2.24, 2.45) is 0 Å². The molecule has 3 aromatic rings. The van der Waals surface area contributed by atoms with Crippen LogP contribution in [-0.4, -0.2) is 5.26 Å². The third-order valence-corrected chi connectivity index (χ3v) is 5.80. The second-order valence-electron chi connectivity index (χ2n) is 6.94. The Morgan fingerprint density at radius 1 is 1.08 bits per heavy atom. The van der Waals surface area contributed by atoms with E-state index in [2.05, 4.69) is 49.4 Å². The number of hydrogen-bond donors (Lipinski definition) is 1. The molecule has 6 heteroatoms. The molecule has 0 aliphatic rings. The van der Waals surface area contributed by atoms with E-state index in [0.29, 0.717) is 33.9 Å². The number of benzene rings is 2. The Balaban J connectivity index is 1.88. The van der Waals surface area contributed by atoms with Gasteiger partial charge < -0.3 is 4.42 Å². The Morgan fingerprint density at radius 2 is 1.77 bits per heavy atom. The largest absolute Gasteiger partial charge is 0.448 e. The number of thioether (sulfide) groups is 1. The summed E-state index contributed by atoms with van der Waals surface area (Å²) in [6, 6.07) is 15.5. The summed E-state index contributed by atoms with van der Waals surface area (Å²) in [6.45, 7) is 6.54. The van der Waals surface area contributed by atoms with Gasteiger partial charge in [-0.1, -0.05) is 68.9 Å². The van der Waals surface area contributed by atoms with Gasteiger partial charge in [-0.2, -0.15) is 4.33 Å². The highest BCUT2D eigenvalue weighted by molar-refractivity contribution is 8.00. The van der Waals surface area contributed by atoms with Crippen LogP contribution in [-0.2, 0) is 15.5 Å². The molecule has 0 spiro atoms. The van der Waals surface area contributed by atoms with Gasteiger partial charge >= 0.3 is 0 Å². The number of para-hydroxylation sites is 1. The molecule has 2 aromatic carbocycles. The lowest BCUT2D eigenvalue weighted by atomic mass is 9.87. The molecule has 1 heterocycles. The zero-order valence-corrected chi connectivity index (χ0v) is 16.4. The van der Waals surface area contributed by atoms with Crippen molar-refractivity contribution in [3.05, 3.63) is 69.9 Å². The van der Waals surface area contributed by atoms with Crippen molar-refractivity contribution in [1.82, 2.24) is 0 Å². The summed E-state index contributed by atoms with van der Waals surface area (Å²) < 4.78 is 10.0. The third kappa shape index (κ3) is 4.15. The Labute approximate surface area is 160 Å². The highest BCUT2D eigenvalue weighted by atomic mass is 32.2. The molecule has 1 N–H and O–H groups in total. The lowest BCUT2D eigenvalue weighted by molar-refractivity contribution is -0.116. The van der Waals surface area contributed by atoms with Crippen molar-refractivity contribution >= 4 is 34.8 Å². The van der Waals surface area contributed by atoms with Crippen LogP contribution >= 0.6 is 23.8 Å². The first kappa shape index (κ1) is 19.0. The van der Waals surface area contributed by atoms with Gasteiger partial charge in [0.1, 0.15) is 10.5 Å². The molecule has 0 radical (unpaired) electrons. The van der Waals surface area contributed by atoms with Crippen molar-refractivity contribution in [3.63, 3.8) is 0 Å². The third-order valence-electron chi connectivity index (χ3n) is 4.04. The van der Waals surface area contributed by atoms with E-state index in [9.17, 15) is 4.79 Å². The maximum atomic E-state index is 12.6. The fourth-order valence-electron chi connectivity index (χ4n) is 2.56. The van der Waals surface area contributed by atoms with Crippen LogP contribution < -0.4 is 5.43 Å². The lowest BCUT2D eigenvalue weighted by Gasteiger charge is -2.19. The smallest absolute Gasteiger partial charge is 0.209 e. The Kier molecular flexibility index (Phi) is 5.77. The summed E-state index contributed by atoms with van der Waals surface area (Å²) in [5, 5.41) is 9.71. The summed E-state index contributed by atoms with van der Waals surface area (Å²) in [7, 11) is 0. The molecule has 0 bridgehead atoms. The molecule has 136 valence electrons. The predicted molar refractivity (Wildman–Crippen MR) is 107 cm³/mol. The average Bonchev–Trinajstić information content (AvgIpc) is 2.62. The van der Waals surface area contributed by atoms with Gasteiger partial charge in [-0.05, 0) is 28.7 Å². The van der Waals surface area contributed by atoms with Crippen LogP contribution in [0.4, 0.5) is 0 Å². The highest BCUT2D eigenvalue weighted by Gasteiger charge is 2.17. The molecule has 26 heavy (non-hydrogen) atoms. The van der Waals surface area contributed by atoms with Gasteiger partial charge in [-0.25, -0.2) is 5.26 Å². The molecule has 0 atom stereocenters. The fourth-order valence-corrected chi connectivity index (χ4v) is 4.07. The van der Waals surface area contributed by atoms with Crippen molar-refractivity contribution in [2.75, 3.05) is 0 Å². The molecule has 0 amide bonds. The molecule has 0 fully saturated rings. The molecule has 1 aromatic heterocycles. The zero-order chi connectivity index (χ0) is 18.7. The van der Waals surface area contributed by atoms with Crippen LogP contribution in [0.2, 0.25) is 0 Å². The lowest BCUT2D eigenvalue weighted by Crippen LogP contribution is -2.10. The molecule has 4 nitrogen and oxygen atoms in total. The summed E-state index contributed by atoms with van der Waals surface area (Å²) in [4.78, 5) is 12.9. The van der Waals surface area contributed by atoms with Crippen molar-refractivity contribution in [3.8, 4) is 0 Å². The van der Waals surface area contributed by atoms with Crippen molar-refractivity contribution in [2.45, 2.75) is 41.9 Å². The van der Waals surface area contributed by atoms with Crippen LogP contribution in [0.25, 0.3) is 11.0 Å². The fraction of sp³-hybridized carbons (Fsp3) is 0.250. The minimum atomic E-state index is -0.212.